The predicted octanol–water partition coefficient (Wildman–Crippen LogP) is 3.49. The summed E-state index contributed by atoms with van der Waals surface area (Å²) in [6.07, 6.45) is 1.83. The van der Waals surface area contributed by atoms with Gasteiger partial charge in [0.1, 0.15) is 11.4 Å². The van der Waals surface area contributed by atoms with Crippen LogP contribution in [0.2, 0.25) is 5.02 Å². The van der Waals surface area contributed by atoms with Crippen LogP contribution in [0.5, 0.6) is 5.75 Å². The number of nitrogen functional groups attached to an aromatic ring is 1. The number of anilines is 1. The SMILES string of the molecule is COc1ccc(-c2cn(-c3ccc(N)cc3Cl)nn2)cc1C. The quantitative estimate of drug-likeness (QED) is 0.752. The smallest absolute Gasteiger partial charge is 0.121 e. The van der Waals surface area contributed by atoms with Crippen LogP contribution in [0.3, 0.4) is 0 Å². The molecule has 0 spiro atoms. The number of hydrogen-bond acceptors (Lipinski definition) is 4. The number of rotatable bonds is 3. The third-order valence-electron chi connectivity index (χ3n) is 3.40. The maximum Gasteiger partial charge on any atom is 0.121 e. The van der Waals surface area contributed by atoms with Crippen LogP contribution in [0.4, 0.5) is 5.69 Å². The van der Waals surface area contributed by atoms with E-state index in [0.717, 1.165) is 28.3 Å². The normalized spacial score (nSPS) is 10.7. The van der Waals surface area contributed by atoms with E-state index in [1.54, 1.807) is 23.9 Å². The fourth-order valence-corrected chi connectivity index (χ4v) is 2.54. The molecular formula is C16H15ClN4O. The first-order valence-corrected chi connectivity index (χ1v) is 7.09. The lowest BCUT2D eigenvalue weighted by atomic mass is 10.1. The Morgan fingerprint density at radius 3 is 2.68 bits per heavy atom. The highest BCUT2D eigenvalue weighted by molar-refractivity contribution is 6.32. The van der Waals surface area contributed by atoms with E-state index < -0.39 is 0 Å². The third-order valence-corrected chi connectivity index (χ3v) is 3.71. The van der Waals surface area contributed by atoms with Gasteiger partial charge < -0.3 is 10.5 Å². The minimum atomic E-state index is 0.530. The molecule has 3 aromatic rings. The van der Waals surface area contributed by atoms with Crippen LogP contribution in [0.15, 0.2) is 42.6 Å². The lowest BCUT2D eigenvalue weighted by molar-refractivity contribution is 0.412. The molecule has 0 amide bonds. The van der Waals surface area contributed by atoms with Gasteiger partial charge >= 0.3 is 0 Å². The fourth-order valence-electron chi connectivity index (χ4n) is 2.26. The summed E-state index contributed by atoms with van der Waals surface area (Å²) < 4.78 is 6.90. The highest BCUT2D eigenvalue weighted by Gasteiger charge is 2.09. The summed E-state index contributed by atoms with van der Waals surface area (Å²) in [6.45, 7) is 1.99. The zero-order valence-electron chi connectivity index (χ0n) is 12.2. The number of aryl methyl sites for hydroxylation is 1. The Hall–Kier alpha value is -2.53. The van der Waals surface area contributed by atoms with Crippen molar-refractivity contribution in [3.8, 4) is 22.7 Å². The minimum Gasteiger partial charge on any atom is -0.496 e. The van der Waals surface area contributed by atoms with Crippen LogP contribution in [-0.4, -0.2) is 22.1 Å². The summed E-state index contributed by atoms with van der Waals surface area (Å²) in [7, 11) is 1.65. The number of methoxy groups -OCH3 is 1. The van der Waals surface area contributed by atoms with Gasteiger partial charge in [0.25, 0.3) is 0 Å². The number of nitrogens with zero attached hydrogens (tertiary/aromatic N) is 3. The zero-order valence-corrected chi connectivity index (χ0v) is 13.0. The molecule has 5 nitrogen and oxygen atoms in total. The van der Waals surface area contributed by atoms with E-state index in [2.05, 4.69) is 10.3 Å². The van der Waals surface area contributed by atoms with Crippen molar-refractivity contribution in [1.29, 1.82) is 0 Å². The highest BCUT2D eigenvalue weighted by Crippen LogP contribution is 2.27. The van der Waals surface area contributed by atoms with Gasteiger partial charge in [-0.2, -0.15) is 0 Å². The van der Waals surface area contributed by atoms with Gasteiger partial charge in [0.15, 0.2) is 0 Å². The van der Waals surface area contributed by atoms with Gasteiger partial charge in [0.05, 0.1) is 24.0 Å². The van der Waals surface area contributed by atoms with E-state index in [-0.39, 0.29) is 0 Å². The van der Waals surface area contributed by atoms with Gasteiger partial charge in [0, 0.05) is 11.3 Å². The first kappa shape index (κ1) is 14.4. The number of aromatic nitrogens is 3. The average molecular weight is 315 g/mol. The van der Waals surface area contributed by atoms with Crippen molar-refractivity contribution in [2.45, 2.75) is 6.92 Å². The van der Waals surface area contributed by atoms with Crippen LogP contribution < -0.4 is 10.5 Å². The molecule has 0 aliphatic heterocycles. The predicted molar refractivity (Wildman–Crippen MR) is 87.5 cm³/mol. The molecule has 22 heavy (non-hydrogen) atoms. The summed E-state index contributed by atoms with van der Waals surface area (Å²) in [6, 6.07) is 11.2. The number of nitrogens with two attached hydrogens (primary N) is 1. The summed E-state index contributed by atoms with van der Waals surface area (Å²) in [5.41, 5.74) is 9.82. The Bertz CT molecular complexity index is 829. The lowest BCUT2D eigenvalue weighted by Gasteiger charge is -2.05. The highest BCUT2D eigenvalue weighted by atomic mass is 35.5. The molecule has 0 aliphatic carbocycles. The second-order valence-corrected chi connectivity index (χ2v) is 5.35. The first-order chi connectivity index (χ1) is 10.6. The second kappa shape index (κ2) is 5.69. The van der Waals surface area contributed by atoms with E-state index in [4.69, 9.17) is 22.1 Å². The summed E-state index contributed by atoms with van der Waals surface area (Å²) in [5.74, 6) is 0.845. The van der Waals surface area contributed by atoms with Crippen LogP contribution >= 0.6 is 11.6 Å². The summed E-state index contributed by atoms with van der Waals surface area (Å²) in [5, 5.41) is 8.87. The van der Waals surface area contributed by atoms with E-state index in [9.17, 15) is 0 Å². The molecule has 0 saturated carbocycles. The van der Waals surface area contributed by atoms with Crippen molar-refractivity contribution >= 4 is 17.3 Å². The molecule has 2 N–H and O–H groups in total. The molecular weight excluding hydrogens is 300 g/mol. The maximum absolute atomic E-state index is 6.20. The van der Waals surface area contributed by atoms with Crippen molar-refractivity contribution in [1.82, 2.24) is 15.0 Å². The number of benzene rings is 2. The number of hydrogen-bond donors (Lipinski definition) is 1. The summed E-state index contributed by atoms with van der Waals surface area (Å²) in [4.78, 5) is 0. The van der Waals surface area contributed by atoms with E-state index in [1.807, 2.05) is 37.4 Å². The average Bonchev–Trinajstić information content (AvgIpc) is 2.96. The number of halogens is 1. The minimum absolute atomic E-state index is 0.530. The molecule has 1 heterocycles. The van der Waals surface area contributed by atoms with Crippen LogP contribution in [0.25, 0.3) is 16.9 Å². The van der Waals surface area contributed by atoms with Crippen molar-refractivity contribution in [3.63, 3.8) is 0 Å². The number of ether oxygens (including phenoxy) is 1. The van der Waals surface area contributed by atoms with Crippen LogP contribution in [-0.2, 0) is 0 Å². The summed E-state index contributed by atoms with van der Waals surface area (Å²) >= 11 is 6.20. The topological polar surface area (TPSA) is 66.0 Å². The van der Waals surface area contributed by atoms with E-state index in [0.29, 0.717) is 10.7 Å². The van der Waals surface area contributed by atoms with Crippen molar-refractivity contribution in [2.75, 3.05) is 12.8 Å². The molecule has 2 aromatic carbocycles. The molecule has 0 atom stereocenters. The molecule has 112 valence electrons. The van der Waals surface area contributed by atoms with Gasteiger partial charge in [-0.3, -0.25) is 0 Å². The van der Waals surface area contributed by atoms with Crippen LogP contribution in [0.1, 0.15) is 5.56 Å². The molecule has 0 fully saturated rings. The van der Waals surface area contributed by atoms with Gasteiger partial charge in [-0.25, -0.2) is 4.68 Å². The largest absolute Gasteiger partial charge is 0.496 e. The van der Waals surface area contributed by atoms with Gasteiger partial charge in [-0.05, 0) is 48.9 Å². The molecule has 3 rings (SSSR count). The maximum atomic E-state index is 6.20. The zero-order chi connectivity index (χ0) is 15.7. The monoisotopic (exact) mass is 314 g/mol. The molecule has 0 radical (unpaired) electrons. The van der Waals surface area contributed by atoms with E-state index in [1.165, 1.54) is 0 Å². The standard InChI is InChI=1S/C16H15ClN4O/c1-10-7-11(3-6-16(10)22-2)14-9-21(20-19-14)15-5-4-12(18)8-13(15)17/h3-9H,18H2,1-2H3. The Labute approximate surface area is 133 Å². The molecule has 0 unspecified atom stereocenters. The molecule has 6 heteroatoms. The van der Waals surface area contributed by atoms with Crippen molar-refractivity contribution < 1.29 is 4.74 Å². The van der Waals surface area contributed by atoms with Gasteiger partial charge in [0.2, 0.25) is 0 Å². The Morgan fingerprint density at radius 1 is 1.18 bits per heavy atom. The second-order valence-electron chi connectivity index (χ2n) is 4.94. The Kier molecular flexibility index (Phi) is 3.73. The first-order valence-electron chi connectivity index (χ1n) is 6.71. The molecule has 0 saturated heterocycles. The Morgan fingerprint density at radius 2 is 2.00 bits per heavy atom. The lowest BCUT2D eigenvalue weighted by Crippen LogP contribution is -1.96. The molecule has 0 aliphatic rings. The Balaban J connectivity index is 1.98. The fraction of sp³-hybridized carbons (Fsp3) is 0.125. The third kappa shape index (κ3) is 2.63. The van der Waals surface area contributed by atoms with Gasteiger partial charge in [-0.15, -0.1) is 5.10 Å². The van der Waals surface area contributed by atoms with Crippen LogP contribution in [0, 0.1) is 6.92 Å². The van der Waals surface area contributed by atoms with Crippen molar-refractivity contribution in [3.05, 3.63) is 53.2 Å². The van der Waals surface area contributed by atoms with E-state index >= 15 is 0 Å². The van der Waals surface area contributed by atoms with Gasteiger partial charge in [-0.1, -0.05) is 16.8 Å². The van der Waals surface area contributed by atoms with Crippen molar-refractivity contribution in [2.24, 2.45) is 0 Å². The molecule has 1 aromatic heterocycles. The molecule has 0 bridgehead atoms.